The lowest BCUT2D eigenvalue weighted by atomic mass is 10.2. The van der Waals surface area contributed by atoms with Crippen molar-refractivity contribution in [1.29, 1.82) is 0 Å². The molecule has 0 aliphatic carbocycles. The molecular weight excluding hydrogens is 248 g/mol. The summed E-state index contributed by atoms with van der Waals surface area (Å²) in [4.78, 5) is 12.9. The Labute approximate surface area is 109 Å². The van der Waals surface area contributed by atoms with Gasteiger partial charge in [0, 0.05) is 11.0 Å². The molecule has 0 atom stereocenters. The lowest BCUT2D eigenvalue weighted by Gasteiger charge is -2.12. The third-order valence-corrected chi connectivity index (χ3v) is 3.22. The monoisotopic (exact) mass is 262 g/mol. The molecule has 1 heterocycles. The molecular formula is C12H14N4OS. The van der Waals surface area contributed by atoms with Crippen LogP contribution in [-0.2, 0) is 0 Å². The van der Waals surface area contributed by atoms with Crippen LogP contribution < -0.4 is 10.6 Å². The van der Waals surface area contributed by atoms with Crippen molar-refractivity contribution in [2.75, 3.05) is 16.9 Å². The molecule has 3 N–H and O–H groups in total. The summed E-state index contributed by atoms with van der Waals surface area (Å²) >= 11 is 1.60. The molecule has 0 saturated heterocycles. The number of aryl methyl sites for hydroxylation is 1. The van der Waals surface area contributed by atoms with E-state index >= 15 is 0 Å². The second kappa shape index (κ2) is 5.59. The summed E-state index contributed by atoms with van der Waals surface area (Å²) in [5.41, 5.74) is 1.86. The summed E-state index contributed by atoms with van der Waals surface area (Å²) in [5, 5.41) is 12.0. The Hall–Kier alpha value is -1.95. The van der Waals surface area contributed by atoms with Crippen molar-refractivity contribution in [3.63, 3.8) is 0 Å². The van der Waals surface area contributed by atoms with Crippen molar-refractivity contribution < 1.29 is 4.79 Å². The number of benzene rings is 1. The second-order valence-electron chi connectivity index (χ2n) is 3.70. The first-order valence-corrected chi connectivity index (χ1v) is 6.64. The van der Waals surface area contributed by atoms with Crippen molar-refractivity contribution >= 4 is 29.3 Å². The smallest absolute Gasteiger partial charge is 0.306 e. The summed E-state index contributed by atoms with van der Waals surface area (Å²) < 4.78 is 0. The summed E-state index contributed by atoms with van der Waals surface area (Å²) in [7, 11) is 0. The average molecular weight is 262 g/mol. The molecule has 5 nitrogen and oxygen atoms in total. The maximum Gasteiger partial charge on any atom is 0.324 e. The van der Waals surface area contributed by atoms with Crippen LogP contribution in [-0.4, -0.2) is 22.5 Å². The molecule has 0 fully saturated rings. The lowest BCUT2D eigenvalue weighted by Crippen LogP contribution is -2.20. The number of nitrogens with one attached hydrogen (secondary N) is 3. The predicted molar refractivity (Wildman–Crippen MR) is 74.2 cm³/mol. The zero-order chi connectivity index (χ0) is 13.0. The van der Waals surface area contributed by atoms with E-state index in [4.69, 9.17) is 0 Å². The zero-order valence-electron chi connectivity index (χ0n) is 10.2. The number of thioether (sulfide) groups is 1. The highest BCUT2D eigenvalue weighted by atomic mass is 32.2. The van der Waals surface area contributed by atoms with Crippen LogP contribution >= 0.6 is 11.8 Å². The number of anilines is 2. The van der Waals surface area contributed by atoms with E-state index in [1.165, 1.54) is 0 Å². The number of nitrogens with zero attached hydrogens (tertiary/aromatic N) is 1. The van der Waals surface area contributed by atoms with Crippen LogP contribution in [0.15, 0.2) is 35.4 Å². The highest BCUT2D eigenvalue weighted by molar-refractivity contribution is 7.98. The number of carbonyl (C=O) groups is 1. The van der Waals surface area contributed by atoms with Crippen LogP contribution in [0.4, 0.5) is 16.3 Å². The van der Waals surface area contributed by atoms with Crippen LogP contribution in [0.1, 0.15) is 5.56 Å². The fourth-order valence-corrected chi connectivity index (χ4v) is 2.19. The van der Waals surface area contributed by atoms with E-state index in [-0.39, 0.29) is 6.03 Å². The Morgan fingerprint density at radius 2 is 2.17 bits per heavy atom. The second-order valence-corrected chi connectivity index (χ2v) is 4.55. The van der Waals surface area contributed by atoms with Crippen LogP contribution in [0, 0.1) is 6.92 Å². The van der Waals surface area contributed by atoms with Crippen molar-refractivity contribution in [3.8, 4) is 0 Å². The quantitative estimate of drug-likeness (QED) is 0.744. The molecule has 0 spiro atoms. The Morgan fingerprint density at radius 3 is 2.83 bits per heavy atom. The maximum absolute atomic E-state index is 11.8. The van der Waals surface area contributed by atoms with Crippen molar-refractivity contribution in [2.45, 2.75) is 11.8 Å². The van der Waals surface area contributed by atoms with E-state index in [0.717, 1.165) is 16.1 Å². The van der Waals surface area contributed by atoms with Crippen LogP contribution in [0.5, 0.6) is 0 Å². The lowest BCUT2D eigenvalue weighted by molar-refractivity contribution is 0.262. The third kappa shape index (κ3) is 2.84. The standard InChI is InChI=1S/C12H14N4OS/c1-8-4-3-5-9(18-2)11(8)15-12(17)14-10-6-7-13-16-10/h3-7H,1-2H3,(H3,13,14,15,16,17). The van der Waals surface area contributed by atoms with Gasteiger partial charge in [0.15, 0.2) is 0 Å². The minimum Gasteiger partial charge on any atom is -0.306 e. The van der Waals surface area contributed by atoms with E-state index < -0.39 is 0 Å². The normalized spacial score (nSPS) is 10.1. The molecule has 6 heteroatoms. The Balaban J connectivity index is 2.11. The minimum absolute atomic E-state index is 0.288. The molecule has 0 aliphatic heterocycles. The van der Waals surface area contributed by atoms with Crippen LogP contribution in [0.2, 0.25) is 0 Å². The Morgan fingerprint density at radius 1 is 1.33 bits per heavy atom. The molecule has 2 rings (SSSR count). The molecule has 2 aromatic rings. The number of para-hydroxylation sites is 1. The number of carbonyl (C=O) groups excluding carboxylic acids is 1. The first-order valence-electron chi connectivity index (χ1n) is 5.41. The maximum atomic E-state index is 11.8. The number of aromatic amines is 1. The molecule has 94 valence electrons. The number of H-pyrrole nitrogens is 1. The topological polar surface area (TPSA) is 69.8 Å². The summed E-state index contributed by atoms with van der Waals surface area (Å²) in [6.45, 7) is 1.96. The van der Waals surface area contributed by atoms with Gasteiger partial charge in [0.05, 0.1) is 11.9 Å². The molecule has 0 bridgehead atoms. The molecule has 2 amide bonds. The van der Waals surface area contributed by atoms with Gasteiger partial charge in [-0.2, -0.15) is 5.10 Å². The Kier molecular flexibility index (Phi) is 3.88. The van der Waals surface area contributed by atoms with Gasteiger partial charge in [-0.1, -0.05) is 12.1 Å². The number of amides is 2. The molecule has 0 aliphatic rings. The Bertz CT molecular complexity index is 539. The van der Waals surface area contributed by atoms with E-state index in [1.807, 2.05) is 31.4 Å². The minimum atomic E-state index is -0.288. The average Bonchev–Trinajstić information content (AvgIpc) is 2.84. The molecule has 1 aromatic heterocycles. The van der Waals surface area contributed by atoms with E-state index in [0.29, 0.717) is 5.82 Å². The van der Waals surface area contributed by atoms with Crippen LogP contribution in [0.25, 0.3) is 0 Å². The van der Waals surface area contributed by atoms with Crippen molar-refractivity contribution in [1.82, 2.24) is 10.2 Å². The highest BCUT2D eigenvalue weighted by Crippen LogP contribution is 2.28. The SMILES string of the molecule is CSc1cccc(C)c1NC(=O)Nc1ccn[nH]1. The summed E-state index contributed by atoms with van der Waals surface area (Å²) in [6, 6.07) is 7.31. The highest BCUT2D eigenvalue weighted by Gasteiger charge is 2.09. The molecule has 0 saturated carbocycles. The fourth-order valence-electron chi connectivity index (χ4n) is 1.56. The van der Waals surface area contributed by atoms with E-state index in [1.54, 1.807) is 24.0 Å². The molecule has 1 aromatic carbocycles. The van der Waals surface area contributed by atoms with Crippen LogP contribution in [0.3, 0.4) is 0 Å². The largest absolute Gasteiger partial charge is 0.324 e. The number of hydrogen-bond acceptors (Lipinski definition) is 3. The van der Waals surface area contributed by atoms with Gasteiger partial charge < -0.3 is 5.32 Å². The summed E-state index contributed by atoms with van der Waals surface area (Å²) in [5.74, 6) is 0.562. The van der Waals surface area contributed by atoms with Gasteiger partial charge in [-0.3, -0.25) is 10.4 Å². The van der Waals surface area contributed by atoms with Gasteiger partial charge in [0.1, 0.15) is 5.82 Å². The summed E-state index contributed by atoms with van der Waals surface area (Å²) in [6.07, 6.45) is 3.56. The van der Waals surface area contributed by atoms with Gasteiger partial charge in [0.2, 0.25) is 0 Å². The van der Waals surface area contributed by atoms with Gasteiger partial charge in [0.25, 0.3) is 0 Å². The van der Waals surface area contributed by atoms with Gasteiger partial charge in [-0.25, -0.2) is 4.79 Å². The third-order valence-electron chi connectivity index (χ3n) is 2.44. The number of urea groups is 1. The predicted octanol–water partition coefficient (Wildman–Crippen LogP) is 3.08. The number of hydrogen-bond donors (Lipinski definition) is 3. The zero-order valence-corrected chi connectivity index (χ0v) is 11.0. The van der Waals surface area contributed by atoms with Gasteiger partial charge in [-0.15, -0.1) is 11.8 Å². The first-order chi connectivity index (χ1) is 8.70. The molecule has 0 unspecified atom stereocenters. The molecule has 18 heavy (non-hydrogen) atoms. The van der Waals surface area contributed by atoms with Gasteiger partial charge in [-0.05, 0) is 24.8 Å². The first kappa shape index (κ1) is 12.5. The van der Waals surface area contributed by atoms with E-state index in [9.17, 15) is 4.79 Å². The fraction of sp³-hybridized carbons (Fsp3) is 0.167. The number of rotatable bonds is 3. The van der Waals surface area contributed by atoms with Crippen molar-refractivity contribution in [3.05, 3.63) is 36.0 Å². The number of aromatic nitrogens is 2. The van der Waals surface area contributed by atoms with Gasteiger partial charge >= 0.3 is 6.03 Å². The molecule has 0 radical (unpaired) electrons. The van der Waals surface area contributed by atoms with Crippen molar-refractivity contribution in [2.24, 2.45) is 0 Å². The van der Waals surface area contributed by atoms with E-state index in [2.05, 4.69) is 20.8 Å².